The summed E-state index contributed by atoms with van der Waals surface area (Å²) in [4.78, 5) is 0. The van der Waals surface area contributed by atoms with E-state index in [2.05, 4.69) is 17.6 Å². The summed E-state index contributed by atoms with van der Waals surface area (Å²) in [5.41, 5.74) is 1.03. The lowest BCUT2D eigenvalue weighted by Crippen LogP contribution is -2.29. The SMILES string of the molecule is CNC(C)CC1Cc2cc(C(F)(F)F)ccc2N1. The van der Waals surface area contributed by atoms with Gasteiger partial charge in [-0.05, 0) is 50.6 Å². The van der Waals surface area contributed by atoms with Gasteiger partial charge in [0.25, 0.3) is 0 Å². The molecule has 0 fully saturated rings. The molecule has 0 bridgehead atoms. The molecule has 18 heavy (non-hydrogen) atoms. The Kier molecular flexibility index (Phi) is 3.52. The van der Waals surface area contributed by atoms with Gasteiger partial charge in [-0.1, -0.05) is 0 Å². The third kappa shape index (κ3) is 2.77. The molecule has 5 heteroatoms. The van der Waals surface area contributed by atoms with Crippen molar-refractivity contribution in [3.63, 3.8) is 0 Å². The molecule has 0 amide bonds. The van der Waals surface area contributed by atoms with E-state index in [0.717, 1.165) is 23.7 Å². The number of alkyl halides is 3. The quantitative estimate of drug-likeness (QED) is 0.870. The second kappa shape index (κ2) is 4.80. The van der Waals surface area contributed by atoms with Gasteiger partial charge in [0.2, 0.25) is 0 Å². The van der Waals surface area contributed by atoms with Crippen LogP contribution in [-0.4, -0.2) is 19.1 Å². The topological polar surface area (TPSA) is 24.1 Å². The lowest BCUT2D eigenvalue weighted by molar-refractivity contribution is -0.137. The average Bonchev–Trinajstić information content (AvgIpc) is 2.68. The van der Waals surface area contributed by atoms with Gasteiger partial charge in [0, 0.05) is 17.8 Å². The van der Waals surface area contributed by atoms with E-state index in [9.17, 15) is 13.2 Å². The van der Waals surface area contributed by atoms with E-state index in [0.29, 0.717) is 12.5 Å². The van der Waals surface area contributed by atoms with Crippen molar-refractivity contribution in [3.8, 4) is 0 Å². The Hall–Kier alpha value is -1.23. The molecule has 1 aliphatic heterocycles. The fourth-order valence-corrected chi connectivity index (χ4v) is 2.30. The molecule has 0 spiro atoms. The number of fused-ring (bicyclic) bond motifs is 1. The highest BCUT2D eigenvalue weighted by atomic mass is 19.4. The van der Waals surface area contributed by atoms with Gasteiger partial charge in [-0.25, -0.2) is 0 Å². The van der Waals surface area contributed by atoms with Crippen molar-refractivity contribution < 1.29 is 13.2 Å². The summed E-state index contributed by atoms with van der Waals surface area (Å²) in [6.07, 6.45) is -2.71. The summed E-state index contributed by atoms with van der Waals surface area (Å²) in [7, 11) is 1.88. The van der Waals surface area contributed by atoms with E-state index in [4.69, 9.17) is 0 Å². The molecule has 2 N–H and O–H groups in total. The van der Waals surface area contributed by atoms with Crippen LogP contribution in [0.25, 0.3) is 0 Å². The summed E-state index contributed by atoms with van der Waals surface area (Å²) in [6, 6.07) is 4.48. The zero-order chi connectivity index (χ0) is 13.3. The third-order valence-corrected chi connectivity index (χ3v) is 3.39. The summed E-state index contributed by atoms with van der Waals surface area (Å²) in [6.45, 7) is 2.06. The molecule has 0 saturated carbocycles. The molecule has 1 heterocycles. The van der Waals surface area contributed by atoms with Crippen LogP contribution in [0, 0.1) is 0 Å². The maximum Gasteiger partial charge on any atom is 0.416 e. The highest BCUT2D eigenvalue weighted by Gasteiger charge is 2.32. The molecule has 1 aliphatic rings. The van der Waals surface area contributed by atoms with Crippen LogP contribution in [0.5, 0.6) is 0 Å². The average molecular weight is 258 g/mol. The van der Waals surface area contributed by atoms with Gasteiger partial charge in [0.15, 0.2) is 0 Å². The molecule has 0 aromatic heterocycles. The standard InChI is InChI=1S/C13H17F3N2/c1-8(17-2)5-11-7-9-6-10(13(14,15)16)3-4-12(9)18-11/h3-4,6,8,11,17-18H,5,7H2,1-2H3. The number of hydrogen-bond acceptors (Lipinski definition) is 2. The number of anilines is 1. The molecule has 2 nitrogen and oxygen atoms in total. The van der Waals surface area contributed by atoms with Crippen molar-refractivity contribution in [2.45, 2.75) is 38.0 Å². The van der Waals surface area contributed by atoms with Crippen LogP contribution in [0.3, 0.4) is 0 Å². The first kappa shape index (κ1) is 13.2. The van der Waals surface area contributed by atoms with Crippen LogP contribution in [0.1, 0.15) is 24.5 Å². The van der Waals surface area contributed by atoms with Crippen molar-refractivity contribution in [2.24, 2.45) is 0 Å². The van der Waals surface area contributed by atoms with Gasteiger partial charge in [-0.15, -0.1) is 0 Å². The maximum absolute atomic E-state index is 12.6. The van der Waals surface area contributed by atoms with Gasteiger partial charge >= 0.3 is 6.18 Å². The minimum absolute atomic E-state index is 0.214. The summed E-state index contributed by atoms with van der Waals surface area (Å²) in [5, 5.41) is 6.41. The number of nitrogens with one attached hydrogen (secondary N) is 2. The Labute approximate surface area is 105 Å². The smallest absolute Gasteiger partial charge is 0.382 e. The first-order chi connectivity index (χ1) is 8.40. The fourth-order valence-electron chi connectivity index (χ4n) is 2.30. The first-order valence-corrected chi connectivity index (χ1v) is 6.04. The number of benzene rings is 1. The normalized spacial score (nSPS) is 20.4. The molecule has 2 unspecified atom stereocenters. The fraction of sp³-hybridized carbons (Fsp3) is 0.538. The van der Waals surface area contributed by atoms with Gasteiger partial charge < -0.3 is 10.6 Å². The maximum atomic E-state index is 12.6. The van der Waals surface area contributed by atoms with Gasteiger partial charge in [-0.2, -0.15) is 13.2 Å². The second-order valence-electron chi connectivity index (χ2n) is 4.84. The number of hydrogen-bond donors (Lipinski definition) is 2. The predicted molar refractivity (Wildman–Crippen MR) is 65.7 cm³/mol. The molecule has 1 aromatic carbocycles. The Morgan fingerprint density at radius 3 is 2.78 bits per heavy atom. The molecule has 1 aromatic rings. The van der Waals surface area contributed by atoms with Crippen LogP contribution < -0.4 is 10.6 Å². The Morgan fingerprint density at radius 2 is 2.17 bits per heavy atom. The van der Waals surface area contributed by atoms with Gasteiger partial charge in [-0.3, -0.25) is 0 Å². The van der Waals surface area contributed by atoms with E-state index in [-0.39, 0.29) is 6.04 Å². The first-order valence-electron chi connectivity index (χ1n) is 6.04. The minimum atomic E-state index is -4.26. The summed E-state index contributed by atoms with van der Waals surface area (Å²) < 4.78 is 37.8. The van der Waals surface area contributed by atoms with Crippen LogP contribution in [0.2, 0.25) is 0 Å². The molecule has 100 valence electrons. The van der Waals surface area contributed by atoms with E-state index < -0.39 is 11.7 Å². The van der Waals surface area contributed by atoms with E-state index in [1.54, 1.807) is 0 Å². The molecule has 2 rings (SSSR count). The molecule has 0 radical (unpaired) electrons. The van der Waals surface area contributed by atoms with Crippen LogP contribution in [0.4, 0.5) is 18.9 Å². The van der Waals surface area contributed by atoms with Crippen LogP contribution >= 0.6 is 0 Å². The number of rotatable bonds is 3. The lowest BCUT2D eigenvalue weighted by atomic mass is 10.0. The lowest BCUT2D eigenvalue weighted by Gasteiger charge is -2.16. The van der Waals surface area contributed by atoms with Crippen molar-refractivity contribution in [2.75, 3.05) is 12.4 Å². The second-order valence-corrected chi connectivity index (χ2v) is 4.84. The van der Waals surface area contributed by atoms with Crippen molar-refractivity contribution >= 4 is 5.69 Å². The molecule has 0 aliphatic carbocycles. The van der Waals surface area contributed by atoms with Crippen LogP contribution in [-0.2, 0) is 12.6 Å². The molecular formula is C13H17F3N2. The third-order valence-electron chi connectivity index (χ3n) is 3.39. The predicted octanol–water partition coefficient (Wildman–Crippen LogP) is 3.04. The monoisotopic (exact) mass is 258 g/mol. The highest BCUT2D eigenvalue weighted by Crippen LogP contribution is 2.35. The number of halogens is 3. The Balaban J connectivity index is 2.11. The molecular weight excluding hydrogens is 241 g/mol. The zero-order valence-electron chi connectivity index (χ0n) is 10.4. The van der Waals surface area contributed by atoms with Gasteiger partial charge in [0.1, 0.15) is 0 Å². The Morgan fingerprint density at radius 1 is 1.44 bits per heavy atom. The minimum Gasteiger partial charge on any atom is -0.382 e. The van der Waals surface area contributed by atoms with Crippen molar-refractivity contribution in [1.29, 1.82) is 0 Å². The van der Waals surface area contributed by atoms with Crippen molar-refractivity contribution in [3.05, 3.63) is 29.3 Å². The summed E-state index contributed by atoms with van der Waals surface area (Å²) >= 11 is 0. The van der Waals surface area contributed by atoms with Crippen molar-refractivity contribution in [1.82, 2.24) is 5.32 Å². The molecule has 2 atom stereocenters. The van der Waals surface area contributed by atoms with E-state index >= 15 is 0 Å². The zero-order valence-corrected chi connectivity index (χ0v) is 10.4. The van der Waals surface area contributed by atoms with E-state index in [1.165, 1.54) is 12.1 Å². The Bertz CT molecular complexity index is 429. The van der Waals surface area contributed by atoms with Gasteiger partial charge in [0.05, 0.1) is 5.56 Å². The summed E-state index contributed by atoms with van der Waals surface area (Å²) in [5.74, 6) is 0. The van der Waals surface area contributed by atoms with Crippen LogP contribution in [0.15, 0.2) is 18.2 Å². The largest absolute Gasteiger partial charge is 0.416 e. The van der Waals surface area contributed by atoms with E-state index in [1.807, 2.05) is 7.05 Å². The molecule has 0 saturated heterocycles. The highest BCUT2D eigenvalue weighted by molar-refractivity contribution is 5.58.